The second-order valence-electron chi connectivity index (χ2n) is 7.89. The zero-order valence-corrected chi connectivity index (χ0v) is 17.6. The molecule has 0 bridgehead atoms. The van der Waals surface area contributed by atoms with Gasteiger partial charge in [-0.05, 0) is 45.0 Å². The van der Waals surface area contributed by atoms with Crippen LogP contribution in [0.3, 0.4) is 0 Å². The molecule has 4 rings (SSSR count). The number of hydrogen-bond donors (Lipinski definition) is 0. The molecule has 2 fully saturated rings. The van der Waals surface area contributed by atoms with Gasteiger partial charge in [0.15, 0.2) is 5.82 Å². The van der Waals surface area contributed by atoms with Crippen molar-refractivity contribution >= 4 is 22.7 Å². The lowest BCUT2D eigenvalue weighted by molar-refractivity contribution is 0.00988. The molecule has 0 spiro atoms. The number of rotatable bonds is 6. The number of benzene rings is 1. The number of aromatic nitrogens is 2. The van der Waals surface area contributed by atoms with Crippen LogP contribution in [0, 0.1) is 5.92 Å². The van der Waals surface area contributed by atoms with Crippen LogP contribution in [0.1, 0.15) is 25.1 Å². The molecular weight excluding hydrogens is 393 g/mol. The van der Waals surface area contributed by atoms with Crippen molar-refractivity contribution < 1.29 is 14.0 Å². The predicted molar refractivity (Wildman–Crippen MR) is 113 cm³/mol. The van der Waals surface area contributed by atoms with Crippen LogP contribution in [0.4, 0.5) is 4.39 Å². The fourth-order valence-electron chi connectivity index (χ4n) is 3.89. The molecule has 0 saturated carbocycles. The van der Waals surface area contributed by atoms with Crippen LogP contribution < -0.4 is 10.4 Å². The smallest absolute Gasteiger partial charge is 0.294 e. The zero-order chi connectivity index (χ0) is 20.2. The molecule has 1 aromatic carbocycles. The Bertz CT molecular complexity index is 887. The number of para-hydroxylation sites is 1. The van der Waals surface area contributed by atoms with E-state index in [0.29, 0.717) is 34.3 Å². The number of thioether (sulfide) groups is 1. The number of ether oxygens (including phenoxy) is 1. The Balaban J connectivity index is 1.54. The van der Waals surface area contributed by atoms with Gasteiger partial charge >= 0.3 is 0 Å². The van der Waals surface area contributed by atoms with Crippen LogP contribution in [-0.4, -0.2) is 66.0 Å². The minimum absolute atomic E-state index is 0.184. The molecule has 2 aliphatic heterocycles. The van der Waals surface area contributed by atoms with Crippen LogP contribution in [0.5, 0.6) is 0 Å². The molecule has 6 nitrogen and oxygen atoms in total. The maximum Gasteiger partial charge on any atom is 0.294 e. The van der Waals surface area contributed by atoms with Crippen LogP contribution in [0.2, 0.25) is 0 Å². The fourth-order valence-corrected chi connectivity index (χ4v) is 4.98. The second-order valence-corrected chi connectivity index (χ2v) is 9.18. The Labute approximate surface area is 174 Å². The van der Waals surface area contributed by atoms with Crippen LogP contribution in [-0.2, 0) is 10.5 Å². The minimum Gasteiger partial charge on any atom is -0.409 e. The Hall–Kier alpha value is -1.64. The van der Waals surface area contributed by atoms with Gasteiger partial charge in [0.1, 0.15) is 12.8 Å². The lowest BCUT2D eigenvalue weighted by Gasteiger charge is -2.32. The van der Waals surface area contributed by atoms with Crippen molar-refractivity contribution in [3.05, 3.63) is 40.4 Å². The van der Waals surface area contributed by atoms with Crippen molar-refractivity contribution in [2.75, 3.05) is 40.0 Å². The van der Waals surface area contributed by atoms with E-state index in [1.54, 1.807) is 17.8 Å². The third-order valence-electron chi connectivity index (χ3n) is 5.72. The van der Waals surface area contributed by atoms with Gasteiger partial charge in [-0.1, -0.05) is 12.1 Å². The van der Waals surface area contributed by atoms with Gasteiger partial charge in [0.2, 0.25) is 0 Å². The van der Waals surface area contributed by atoms with E-state index >= 15 is 0 Å². The van der Waals surface area contributed by atoms with Gasteiger partial charge in [-0.25, -0.2) is 9.37 Å². The van der Waals surface area contributed by atoms with E-state index in [1.165, 1.54) is 4.73 Å². The molecule has 2 saturated heterocycles. The first-order valence-electron chi connectivity index (χ1n) is 10.3. The van der Waals surface area contributed by atoms with Crippen LogP contribution >= 0.6 is 11.8 Å². The van der Waals surface area contributed by atoms with Crippen molar-refractivity contribution in [2.45, 2.75) is 36.4 Å². The Morgan fingerprint density at radius 1 is 1.28 bits per heavy atom. The van der Waals surface area contributed by atoms with Gasteiger partial charge in [0, 0.05) is 30.9 Å². The van der Waals surface area contributed by atoms with Gasteiger partial charge in [-0.2, -0.15) is 11.8 Å². The quantitative estimate of drug-likeness (QED) is 0.715. The lowest BCUT2D eigenvalue weighted by Crippen LogP contribution is -2.43. The van der Waals surface area contributed by atoms with E-state index in [9.17, 15) is 9.18 Å². The number of alkyl halides is 1. The van der Waals surface area contributed by atoms with Gasteiger partial charge in [-0.15, -0.1) is 4.73 Å². The van der Waals surface area contributed by atoms with E-state index in [1.807, 2.05) is 30.1 Å². The molecule has 3 heterocycles. The highest BCUT2D eigenvalue weighted by atomic mass is 32.2. The average Bonchev–Trinajstić information content (AvgIpc) is 2.74. The summed E-state index contributed by atoms with van der Waals surface area (Å²) in [6.07, 6.45) is 1.78. The van der Waals surface area contributed by atoms with Gasteiger partial charge in [0.05, 0.1) is 16.7 Å². The van der Waals surface area contributed by atoms with E-state index in [-0.39, 0.29) is 18.1 Å². The highest BCUT2D eigenvalue weighted by Crippen LogP contribution is 2.25. The first-order chi connectivity index (χ1) is 14.1. The highest BCUT2D eigenvalue weighted by molar-refractivity contribution is 7.99. The highest BCUT2D eigenvalue weighted by Gasteiger charge is 2.29. The third-order valence-corrected chi connectivity index (χ3v) is 7.08. The number of piperidine rings is 1. The lowest BCUT2D eigenvalue weighted by atomic mass is 9.96. The summed E-state index contributed by atoms with van der Waals surface area (Å²) in [5, 5.41) is 1.01. The number of hydrogen-bond acceptors (Lipinski definition) is 6. The maximum atomic E-state index is 14.4. The standard InChI is InChI=1S/C21H28FN3O3S/c1-24-9-6-15(18(22)12-24)13-28-25-20(14-29-16-7-10-27-11-8-16)23-19-5-3-2-4-17(19)21(25)26/h2-5,15-16,18H,6-14H2,1H3/t15-,18+/m1/s1. The first-order valence-corrected chi connectivity index (χ1v) is 11.3. The van der Waals surface area contributed by atoms with Crippen molar-refractivity contribution in [1.29, 1.82) is 0 Å². The summed E-state index contributed by atoms with van der Waals surface area (Å²) in [6.45, 7) is 2.99. The zero-order valence-electron chi connectivity index (χ0n) is 16.8. The van der Waals surface area contributed by atoms with Crippen LogP contribution in [0.15, 0.2) is 29.1 Å². The summed E-state index contributed by atoms with van der Waals surface area (Å²) in [5.41, 5.74) is 0.448. The molecule has 1 aromatic heterocycles. The van der Waals surface area contributed by atoms with E-state index in [0.717, 1.165) is 39.0 Å². The normalized spacial score (nSPS) is 24.1. The molecule has 2 aliphatic rings. The first kappa shape index (κ1) is 20.6. The largest absolute Gasteiger partial charge is 0.409 e. The molecule has 0 radical (unpaired) electrons. The number of halogens is 1. The van der Waals surface area contributed by atoms with Crippen molar-refractivity contribution in [1.82, 2.24) is 14.6 Å². The van der Waals surface area contributed by atoms with Crippen molar-refractivity contribution in [3.8, 4) is 0 Å². The minimum atomic E-state index is -0.946. The van der Waals surface area contributed by atoms with E-state index in [2.05, 4.69) is 0 Å². The molecular formula is C21H28FN3O3S. The monoisotopic (exact) mass is 421 g/mol. The maximum absolute atomic E-state index is 14.4. The third kappa shape index (κ3) is 4.92. The molecule has 0 unspecified atom stereocenters. The van der Waals surface area contributed by atoms with Crippen molar-refractivity contribution in [2.24, 2.45) is 5.92 Å². The summed E-state index contributed by atoms with van der Waals surface area (Å²) < 4.78 is 21.1. The second kappa shape index (κ2) is 9.45. The Morgan fingerprint density at radius 2 is 2.07 bits per heavy atom. The molecule has 158 valence electrons. The fraction of sp³-hybridized carbons (Fsp3) is 0.619. The molecule has 0 aliphatic carbocycles. The molecule has 29 heavy (non-hydrogen) atoms. The molecule has 2 atom stereocenters. The Morgan fingerprint density at radius 3 is 2.86 bits per heavy atom. The van der Waals surface area contributed by atoms with Gasteiger partial charge in [-0.3, -0.25) is 4.79 Å². The number of fused-ring (bicyclic) bond motifs is 1. The SMILES string of the molecule is CN1CC[C@H](COn2c(CSC3CCOCC3)nc3ccccc3c2=O)[C@@H](F)C1. The average molecular weight is 422 g/mol. The Kier molecular flexibility index (Phi) is 6.72. The number of likely N-dealkylation sites (tertiary alicyclic amines) is 1. The summed E-state index contributed by atoms with van der Waals surface area (Å²) >= 11 is 1.78. The van der Waals surface area contributed by atoms with E-state index < -0.39 is 6.17 Å². The molecule has 8 heteroatoms. The summed E-state index contributed by atoms with van der Waals surface area (Å²) in [4.78, 5) is 25.7. The summed E-state index contributed by atoms with van der Waals surface area (Å²) in [5.74, 6) is 0.964. The molecule has 0 amide bonds. The van der Waals surface area contributed by atoms with E-state index in [4.69, 9.17) is 14.6 Å². The summed E-state index contributed by atoms with van der Waals surface area (Å²) in [7, 11) is 1.92. The van der Waals surface area contributed by atoms with Gasteiger partial charge < -0.3 is 14.5 Å². The predicted octanol–water partition coefficient (Wildman–Crippen LogP) is 2.53. The molecule has 2 aromatic rings. The van der Waals surface area contributed by atoms with Crippen LogP contribution in [0.25, 0.3) is 10.9 Å². The van der Waals surface area contributed by atoms with Crippen molar-refractivity contribution in [3.63, 3.8) is 0 Å². The van der Waals surface area contributed by atoms with Gasteiger partial charge in [0.25, 0.3) is 5.56 Å². The topological polar surface area (TPSA) is 56.6 Å². The summed E-state index contributed by atoms with van der Waals surface area (Å²) in [6, 6.07) is 7.30. The molecule has 0 N–H and O–H groups in total. The number of nitrogens with zero attached hydrogens (tertiary/aromatic N) is 3.